The van der Waals surface area contributed by atoms with Crippen molar-refractivity contribution in [2.24, 2.45) is 0 Å². The number of anilines is 2. The van der Waals surface area contributed by atoms with Crippen LogP contribution < -0.4 is 15.8 Å². The Kier molecular flexibility index (Phi) is 5.25. The maximum absolute atomic E-state index is 12.5. The minimum atomic E-state index is -0.515. The summed E-state index contributed by atoms with van der Waals surface area (Å²) in [5.74, 6) is 0.863. The molecular formula is C19H20ClN7O3. The van der Waals surface area contributed by atoms with Crippen LogP contribution in [-0.2, 0) is 4.74 Å². The number of cyclic esters (lactones) is 1. The van der Waals surface area contributed by atoms with Gasteiger partial charge >= 0.3 is 6.09 Å². The standard InChI is InChI=1S/C19H20ClN7O3/c1-4-12-8-30-19(29)27(12)18-23-10(3)22-17(26-18)21-9(2)15-16(28)25-13-6-5-11(20)7-14(13)24-15/h5-7,9,12H,4,8H2,1-3H3,(H,25,28)(H,21,22,23,26)/t9-,12-/m0/s1. The smallest absolute Gasteiger partial charge is 0.417 e. The topological polar surface area (TPSA) is 126 Å². The Balaban J connectivity index is 1.65. The summed E-state index contributed by atoms with van der Waals surface area (Å²) >= 11 is 6.04. The first-order valence-electron chi connectivity index (χ1n) is 9.50. The van der Waals surface area contributed by atoms with Gasteiger partial charge in [-0.25, -0.2) is 14.7 Å². The zero-order valence-corrected chi connectivity index (χ0v) is 17.4. The van der Waals surface area contributed by atoms with Crippen LogP contribution in [0.4, 0.5) is 16.7 Å². The van der Waals surface area contributed by atoms with E-state index in [1.807, 2.05) is 6.92 Å². The molecule has 4 rings (SSSR count). The van der Waals surface area contributed by atoms with Gasteiger partial charge in [-0.1, -0.05) is 18.5 Å². The second-order valence-electron chi connectivity index (χ2n) is 6.99. The van der Waals surface area contributed by atoms with E-state index in [9.17, 15) is 9.59 Å². The van der Waals surface area contributed by atoms with Gasteiger partial charge in [-0.05, 0) is 38.5 Å². The minimum absolute atomic E-state index is 0.140. The highest BCUT2D eigenvalue weighted by atomic mass is 35.5. The van der Waals surface area contributed by atoms with Gasteiger partial charge in [-0.2, -0.15) is 15.0 Å². The molecule has 0 radical (unpaired) electrons. The number of aromatic amines is 1. The predicted molar refractivity (Wildman–Crippen MR) is 112 cm³/mol. The predicted octanol–water partition coefficient (Wildman–Crippen LogP) is 2.98. The van der Waals surface area contributed by atoms with Crippen molar-refractivity contribution in [2.45, 2.75) is 39.3 Å². The Hall–Kier alpha value is -3.27. The number of hydrogen-bond donors (Lipinski definition) is 2. The van der Waals surface area contributed by atoms with E-state index in [0.717, 1.165) is 0 Å². The molecule has 0 bridgehead atoms. The number of halogens is 1. The molecule has 0 aliphatic carbocycles. The van der Waals surface area contributed by atoms with E-state index in [1.54, 1.807) is 32.0 Å². The number of nitrogens with zero attached hydrogens (tertiary/aromatic N) is 5. The lowest BCUT2D eigenvalue weighted by Gasteiger charge is -2.19. The van der Waals surface area contributed by atoms with Gasteiger partial charge in [0.05, 0.1) is 23.1 Å². The van der Waals surface area contributed by atoms with Gasteiger partial charge in [0.2, 0.25) is 11.9 Å². The quantitative estimate of drug-likeness (QED) is 0.633. The molecule has 1 amide bonds. The van der Waals surface area contributed by atoms with Crippen LogP contribution in [0.1, 0.15) is 37.8 Å². The van der Waals surface area contributed by atoms with Crippen molar-refractivity contribution >= 4 is 40.6 Å². The monoisotopic (exact) mass is 429 g/mol. The van der Waals surface area contributed by atoms with Crippen molar-refractivity contribution in [1.29, 1.82) is 0 Å². The molecule has 2 aromatic heterocycles. The fourth-order valence-electron chi connectivity index (χ4n) is 3.27. The SMILES string of the molecule is CC[C@H]1COC(=O)N1c1nc(C)nc(N[C@@H](C)c2nc3cc(Cl)ccc3[nH]c2=O)n1. The number of fused-ring (bicyclic) bond motifs is 1. The molecule has 10 nitrogen and oxygen atoms in total. The number of ether oxygens (including phenoxy) is 1. The van der Waals surface area contributed by atoms with Gasteiger partial charge in [0, 0.05) is 5.02 Å². The molecule has 30 heavy (non-hydrogen) atoms. The maximum atomic E-state index is 12.5. The molecule has 3 aromatic rings. The van der Waals surface area contributed by atoms with E-state index in [0.29, 0.717) is 28.3 Å². The van der Waals surface area contributed by atoms with Crippen LogP contribution in [0.2, 0.25) is 5.02 Å². The molecule has 1 aliphatic heterocycles. The lowest BCUT2D eigenvalue weighted by Crippen LogP contribution is -2.35. The van der Waals surface area contributed by atoms with E-state index < -0.39 is 12.1 Å². The van der Waals surface area contributed by atoms with Gasteiger partial charge in [-0.15, -0.1) is 0 Å². The number of carbonyl (C=O) groups is 1. The second-order valence-corrected chi connectivity index (χ2v) is 7.43. The molecular weight excluding hydrogens is 410 g/mol. The van der Waals surface area contributed by atoms with Crippen LogP contribution in [0.5, 0.6) is 0 Å². The summed E-state index contributed by atoms with van der Waals surface area (Å²) in [7, 11) is 0. The maximum Gasteiger partial charge on any atom is 0.417 e. The van der Waals surface area contributed by atoms with Gasteiger partial charge in [0.25, 0.3) is 5.56 Å². The van der Waals surface area contributed by atoms with Crippen molar-refractivity contribution in [2.75, 3.05) is 16.8 Å². The fraction of sp³-hybridized carbons (Fsp3) is 0.368. The highest BCUT2D eigenvalue weighted by Crippen LogP contribution is 2.23. The summed E-state index contributed by atoms with van der Waals surface area (Å²) in [6, 6.07) is 4.41. The normalized spacial score (nSPS) is 17.3. The summed E-state index contributed by atoms with van der Waals surface area (Å²) in [6.45, 7) is 5.72. The van der Waals surface area contributed by atoms with Gasteiger partial charge in [-0.3, -0.25) is 4.79 Å². The number of carbonyl (C=O) groups excluding carboxylic acids is 1. The lowest BCUT2D eigenvalue weighted by molar-refractivity contribution is 0.178. The molecule has 156 valence electrons. The zero-order valence-electron chi connectivity index (χ0n) is 16.6. The number of nitrogens with one attached hydrogen (secondary N) is 2. The number of aromatic nitrogens is 5. The minimum Gasteiger partial charge on any atom is -0.447 e. The molecule has 1 fully saturated rings. The van der Waals surface area contributed by atoms with E-state index in [-0.39, 0.29) is 35.8 Å². The number of aryl methyl sites for hydroxylation is 1. The summed E-state index contributed by atoms with van der Waals surface area (Å²) in [5.41, 5.74) is 1.10. The number of H-pyrrole nitrogens is 1. The first kappa shape index (κ1) is 20.0. The molecule has 3 heterocycles. The van der Waals surface area contributed by atoms with Gasteiger partial charge in [0.1, 0.15) is 18.1 Å². The molecule has 0 spiro atoms. The molecule has 11 heteroatoms. The molecule has 1 aromatic carbocycles. The van der Waals surface area contributed by atoms with Crippen LogP contribution in [-0.4, -0.2) is 43.7 Å². The molecule has 0 unspecified atom stereocenters. The number of hydrogen-bond acceptors (Lipinski definition) is 8. The third-order valence-electron chi connectivity index (χ3n) is 4.82. The second kappa shape index (κ2) is 7.86. The summed E-state index contributed by atoms with van der Waals surface area (Å²) in [6.07, 6.45) is 0.213. The Labute approximate surface area is 176 Å². The summed E-state index contributed by atoms with van der Waals surface area (Å²) < 4.78 is 5.12. The van der Waals surface area contributed by atoms with Crippen LogP contribution in [0, 0.1) is 6.92 Å². The van der Waals surface area contributed by atoms with E-state index in [2.05, 4.69) is 30.2 Å². The van der Waals surface area contributed by atoms with Crippen molar-refractivity contribution in [1.82, 2.24) is 24.9 Å². The number of benzene rings is 1. The third kappa shape index (κ3) is 3.78. The van der Waals surface area contributed by atoms with Crippen LogP contribution in [0.3, 0.4) is 0 Å². The van der Waals surface area contributed by atoms with E-state index in [4.69, 9.17) is 16.3 Å². The van der Waals surface area contributed by atoms with Crippen LogP contribution >= 0.6 is 11.6 Å². The summed E-state index contributed by atoms with van der Waals surface area (Å²) in [4.78, 5) is 46.2. The van der Waals surface area contributed by atoms with Crippen molar-refractivity contribution in [3.63, 3.8) is 0 Å². The highest BCUT2D eigenvalue weighted by Gasteiger charge is 2.35. The van der Waals surface area contributed by atoms with Crippen LogP contribution in [0.15, 0.2) is 23.0 Å². The van der Waals surface area contributed by atoms with E-state index in [1.165, 1.54) is 4.90 Å². The molecule has 1 saturated heterocycles. The Bertz CT molecular complexity index is 1180. The number of rotatable bonds is 5. The molecule has 2 atom stereocenters. The average molecular weight is 430 g/mol. The summed E-state index contributed by atoms with van der Waals surface area (Å²) in [5, 5.41) is 3.60. The van der Waals surface area contributed by atoms with Crippen molar-refractivity contribution in [3.8, 4) is 0 Å². The highest BCUT2D eigenvalue weighted by molar-refractivity contribution is 6.31. The van der Waals surface area contributed by atoms with Crippen LogP contribution in [0.25, 0.3) is 11.0 Å². The Morgan fingerprint density at radius 1 is 1.30 bits per heavy atom. The largest absolute Gasteiger partial charge is 0.447 e. The van der Waals surface area contributed by atoms with Gasteiger partial charge in [0.15, 0.2) is 0 Å². The number of amides is 1. The van der Waals surface area contributed by atoms with Gasteiger partial charge < -0.3 is 15.0 Å². The first-order valence-corrected chi connectivity index (χ1v) is 9.88. The molecule has 0 saturated carbocycles. The lowest BCUT2D eigenvalue weighted by atomic mass is 10.2. The van der Waals surface area contributed by atoms with Crippen molar-refractivity contribution in [3.05, 3.63) is 45.1 Å². The Morgan fingerprint density at radius 3 is 2.87 bits per heavy atom. The zero-order chi connectivity index (χ0) is 21.4. The Morgan fingerprint density at radius 2 is 2.10 bits per heavy atom. The third-order valence-corrected chi connectivity index (χ3v) is 5.06. The average Bonchev–Trinajstić information content (AvgIpc) is 3.07. The van der Waals surface area contributed by atoms with Crippen molar-refractivity contribution < 1.29 is 9.53 Å². The molecule has 2 N–H and O–H groups in total. The first-order chi connectivity index (χ1) is 14.4. The molecule has 1 aliphatic rings. The fourth-order valence-corrected chi connectivity index (χ4v) is 3.44. The van der Waals surface area contributed by atoms with E-state index >= 15 is 0 Å².